The lowest BCUT2D eigenvalue weighted by Crippen LogP contribution is -2.52. The van der Waals surface area contributed by atoms with Crippen molar-refractivity contribution in [3.05, 3.63) is 70.8 Å². The molecule has 1 fully saturated rings. The molecule has 0 saturated carbocycles. The summed E-state index contributed by atoms with van der Waals surface area (Å²) in [5.41, 5.74) is 2.46. The number of ether oxygens (including phenoxy) is 2. The Morgan fingerprint density at radius 3 is 2.70 bits per heavy atom. The van der Waals surface area contributed by atoms with Gasteiger partial charge in [-0.25, -0.2) is 0 Å². The Morgan fingerprint density at radius 1 is 1.26 bits per heavy atom. The van der Waals surface area contributed by atoms with E-state index in [4.69, 9.17) is 9.47 Å². The van der Waals surface area contributed by atoms with Gasteiger partial charge < -0.3 is 19.9 Å². The van der Waals surface area contributed by atoms with Gasteiger partial charge in [-0.05, 0) is 42.2 Å². The SMILES string of the molecule is COC1C(=O)Nc2ccc(C=C3CCOC3C)cc2C1(O)c1ccccc1. The highest BCUT2D eigenvalue weighted by molar-refractivity contribution is 5.99. The number of benzene rings is 2. The van der Waals surface area contributed by atoms with Gasteiger partial charge in [-0.3, -0.25) is 4.79 Å². The molecule has 2 aromatic rings. The summed E-state index contributed by atoms with van der Waals surface area (Å²) in [5.74, 6) is -0.361. The number of carbonyl (C=O) groups excluding carboxylic acids is 1. The summed E-state index contributed by atoms with van der Waals surface area (Å²) in [4.78, 5) is 12.6. The van der Waals surface area contributed by atoms with Crippen LogP contribution in [0.25, 0.3) is 6.08 Å². The lowest BCUT2D eigenvalue weighted by atomic mass is 9.77. The first kappa shape index (κ1) is 17.9. The van der Waals surface area contributed by atoms with Crippen LogP contribution in [0, 0.1) is 0 Å². The Morgan fingerprint density at radius 2 is 2.04 bits per heavy atom. The van der Waals surface area contributed by atoms with Crippen LogP contribution in [0.1, 0.15) is 30.0 Å². The molecule has 2 aliphatic heterocycles. The second-order valence-corrected chi connectivity index (χ2v) is 7.02. The van der Waals surface area contributed by atoms with Crippen LogP contribution < -0.4 is 5.32 Å². The normalized spacial score (nSPS) is 28.9. The zero-order valence-corrected chi connectivity index (χ0v) is 15.4. The third kappa shape index (κ3) is 2.98. The first-order valence-electron chi connectivity index (χ1n) is 9.12. The van der Waals surface area contributed by atoms with Gasteiger partial charge in [-0.2, -0.15) is 0 Å². The van der Waals surface area contributed by atoms with Crippen LogP contribution in [-0.2, 0) is 19.9 Å². The number of hydrogen-bond donors (Lipinski definition) is 2. The van der Waals surface area contributed by atoms with Gasteiger partial charge in [0.15, 0.2) is 11.7 Å². The molecule has 3 unspecified atom stereocenters. The molecule has 5 nitrogen and oxygen atoms in total. The molecule has 2 N–H and O–H groups in total. The van der Waals surface area contributed by atoms with E-state index in [0.29, 0.717) is 16.8 Å². The largest absolute Gasteiger partial charge is 0.377 e. The van der Waals surface area contributed by atoms with Gasteiger partial charge in [-0.1, -0.05) is 42.5 Å². The van der Waals surface area contributed by atoms with Crippen molar-refractivity contribution in [2.24, 2.45) is 0 Å². The summed E-state index contributed by atoms with van der Waals surface area (Å²) in [7, 11) is 1.44. The molecular formula is C22H23NO4. The molecule has 1 saturated heterocycles. The van der Waals surface area contributed by atoms with E-state index in [2.05, 4.69) is 11.4 Å². The Bertz CT molecular complexity index is 892. The minimum atomic E-state index is -1.57. The van der Waals surface area contributed by atoms with Crippen LogP contribution in [0.2, 0.25) is 0 Å². The number of aliphatic hydroxyl groups is 1. The Labute approximate surface area is 158 Å². The van der Waals surface area contributed by atoms with Crippen molar-refractivity contribution in [3.8, 4) is 0 Å². The summed E-state index contributed by atoms with van der Waals surface area (Å²) < 4.78 is 11.0. The van der Waals surface area contributed by atoms with E-state index in [0.717, 1.165) is 18.6 Å². The number of fused-ring (bicyclic) bond motifs is 1. The highest BCUT2D eigenvalue weighted by Crippen LogP contribution is 2.42. The van der Waals surface area contributed by atoms with Gasteiger partial charge in [0.2, 0.25) is 0 Å². The smallest absolute Gasteiger partial charge is 0.257 e. The summed E-state index contributed by atoms with van der Waals surface area (Å²) in [6.45, 7) is 2.77. The number of anilines is 1. The molecule has 3 atom stereocenters. The van der Waals surface area contributed by atoms with Gasteiger partial charge in [0.25, 0.3) is 5.91 Å². The Balaban J connectivity index is 1.87. The van der Waals surface area contributed by atoms with Gasteiger partial charge in [0.05, 0.1) is 12.7 Å². The van der Waals surface area contributed by atoms with Crippen molar-refractivity contribution in [1.82, 2.24) is 0 Å². The van der Waals surface area contributed by atoms with Gasteiger partial charge >= 0.3 is 0 Å². The molecule has 0 radical (unpaired) electrons. The Hall–Kier alpha value is -2.47. The van der Waals surface area contributed by atoms with E-state index >= 15 is 0 Å². The molecule has 2 aliphatic rings. The molecule has 5 heteroatoms. The average molecular weight is 365 g/mol. The lowest BCUT2D eigenvalue weighted by Gasteiger charge is -2.40. The minimum absolute atomic E-state index is 0.0977. The fraction of sp³-hybridized carbons (Fsp3) is 0.318. The zero-order chi connectivity index (χ0) is 19.0. The number of nitrogens with one attached hydrogen (secondary N) is 1. The predicted molar refractivity (Wildman–Crippen MR) is 103 cm³/mol. The average Bonchev–Trinajstić information content (AvgIpc) is 3.08. The molecular weight excluding hydrogens is 342 g/mol. The lowest BCUT2D eigenvalue weighted by molar-refractivity contribution is -0.142. The second kappa shape index (κ2) is 6.93. The number of carbonyl (C=O) groups is 1. The van der Waals surface area contributed by atoms with Gasteiger partial charge in [0, 0.05) is 18.4 Å². The number of hydrogen-bond acceptors (Lipinski definition) is 4. The van der Waals surface area contributed by atoms with E-state index < -0.39 is 11.7 Å². The first-order valence-corrected chi connectivity index (χ1v) is 9.12. The van der Waals surface area contributed by atoms with Gasteiger partial charge in [-0.15, -0.1) is 0 Å². The molecule has 1 amide bonds. The maximum absolute atomic E-state index is 12.6. The number of amides is 1. The summed E-state index contributed by atoms with van der Waals surface area (Å²) in [6, 6.07) is 14.9. The molecule has 0 aliphatic carbocycles. The van der Waals surface area contributed by atoms with Crippen molar-refractivity contribution < 1.29 is 19.4 Å². The van der Waals surface area contributed by atoms with Crippen LogP contribution in [0.5, 0.6) is 0 Å². The van der Waals surface area contributed by atoms with Crippen molar-refractivity contribution in [2.75, 3.05) is 19.0 Å². The Kier molecular flexibility index (Phi) is 4.60. The quantitative estimate of drug-likeness (QED) is 0.877. The maximum atomic E-state index is 12.6. The van der Waals surface area contributed by atoms with E-state index in [1.54, 1.807) is 0 Å². The van der Waals surface area contributed by atoms with Gasteiger partial charge in [0.1, 0.15) is 0 Å². The molecule has 0 spiro atoms. The van der Waals surface area contributed by atoms with E-state index in [1.807, 2.05) is 55.5 Å². The van der Waals surface area contributed by atoms with Crippen molar-refractivity contribution in [1.29, 1.82) is 0 Å². The highest BCUT2D eigenvalue weighted by atomic mass is 16.5. The third-order valence-electron chi connectivity index (χ3n) is 5.41. The molecule has 0 aromatic heterocycles. The fourth-order valence-corrected chi connectivity index (χ4v) is 3.95. The topological polar surface area (TPSA) is 67.8 Å². The van der Waals surface area contributed by atoms with Crippen molar-refractivity contribution in [2.45, 2.75) is 31.2 Å². The van der Waals surface area contributed by atoms with Crippen molar-refractivity contribution >= 4 is 17.7 Å². The van der Waals surface area contributed by atoms with Crippen LogP contribution in [0.15, 0.2) is 54.1 Å². The fourth-order valence-electron chi connectivity index (χ4n) is 3.95. The number of methoxy groups -OCH3 is 1. The molecule has 2 aromatic carbocycles. The van der Waals surface area contributed by atoms with E-state index in [1.165, 1.54) is 12.7 Å². The molecule has 2 heterocycles. The van der Waals surface area contributed by atoms with Crippen LogP contribution in [0.3, 0.4) is 0 Å². The standard InChI is InChI=1S/C22H23NO4/c1-14-16(10-11-27-14)12-15-8-9-19-18(13-15)22(25,17-6-4-3-5-7-17)20(26-2)21(24)23-19/h3-9,12-14,20,25H,10-11H2,1-2H3,(H,23,24). The summed E-state index contributed by atoms with van der Waals surface area (Å²) >= 11 is 0. The van der Waals surface area contributed by atoms with Crippen molar-refractivity contribution in [3.63, 3.8) is 0 Å². The molecule has 27 heavy (non-hydrogen) atoms. The highest BCUT2D eigenvalue weighted by Gasteiger charge is 2.49. The second-order valence-electron chi connectivity index (χ2n) is 7.02. The van der Waals surface area contributed by atoms with Crippen LogP contribution >= 0.6 is 0 Å². The predicted octanol–water partition coefficient (Wildman–Crippen LogP) is 3.08. The van der Waals surface area contributed by atoms with Crippen LogP contribution in [0.4, 0.5) is 5.69 Å². The molecule has 0 bridgehead atoms. The maximum Gasteiger partial charge on any atom is 0.257 e. The number of rotatable bonds is 3. The monoisotopic (exact) mass is 365 g/mol. The summed E-state index contributed by atoms with van der Waals surface area (Å²) in [5, 5.41) is 14.6. The van der Waals surface area contributed by atoms with Crippen LogP contribution in [-0.4, -0.2) is 36.9 Å². The third-order valence-corrected chi connectivity index (χ3v) is 5.41. The summed E-state index contributed by atoms with van der Waals surface area (Å²) in [6.07, 6.45) is 2.06. The minimum Gasteiger partial charge on any atom is -0.377 e. The zero-order valence-electron chi connectivity index (χ0n) is 15.4. The van der Waals surface area contributed by atoms with E-state index in [-0.39, 0.29) is 12.0 Å². The molecule has 4 rings (SSSR count). The van der Waals surface area contributed by atoms with E-state index in [9.17, 15) is 9.90 Å². The first-order chi connectivity index (χ1) is 13.0. The molecule has 140 valence electrons.